The van der Waals surface area contributed by atoms with Crippen LogP contribution in [-0.2, 0) is 19.1 Å². The summed E-state index contributed by atoms with van der Waals surface area (Å²) in [5.41, 5.74) is 0.104. The Balaban J connectivity index is 1.33. The molecule has 0 bridgehead atoms. The lowest BCUT2D eigenvalue weighted by atomic mass is 9.41. The maximum Gasteiger partial charge on any atom is 0.335 e. The first-order valence-corrected chi connectivity index (χ1v) is 16.2. The summed E-state index contributed by atoms with van der Waals surface area (Å²) in [6, 6.07) is 0. The van der Waals surface area contributed by atoms with Gasteiger partial charge in [0.25, 0.3) is 0 Å². The van der Waals surface area contributed by atoms with Gasteiger partial charge in [-0.15, -0.1) is 0 Å². The highest BCUT2D eigenvalue weighted by atomic mass is 16.7. The second-order valence-corrected chi connectivity index (χ2v) is 14.9. The lowest BCUT2D eigenvalue weighted by Crippen LogP contribution is -2.63. The average Bonchev–Trinajstić information content (AvgIpc) is 3.29. The molecule has 5 aliphatic rings. The molecular formula is C32H52O10. The number of hydrogen-bond acceptors (Lipinski definition) is 8. The van der Waals surface area contributed by atoms with E-state index in [0.717, 1.165) is 38.5 Å². The molecule has 0 aromatic heterocycles. The third-order valence-corrected chi connectivity index (χ3v) is 13.1. The topological polar surface area (TPSA) is 174 Å². The molecule has 5 rings (SSSR count). The lowest BCUT2D eigenvalue weighted by molar-refractivity contribution is -0.312. The summed E-state index contributed by atoms with van der Waals surface area (Å²) in [6.07, 6.45) is -0.617. The van der Waals surface area contributed by atoms with Crippen molar-refractivity contribution < 1.29 is 49.7 Å². The number of aliphatic hydroxyl groups excluding tert-OH is 4. The highest BCUT2D eigenvalue weighted by Gasteiger charge is 2.65. The van der Waals surface area contributed by atoms with Gasteiger partial charge in [0, 0.05) is 6.42 Å². The maximum atomic E-state index is 12.1. The summed E-state index contributed by atoms with van der Waals surface area (Å²) >= 11 is 0. The summed E-state index contributed by atoms with van der Waals surface area (Å²) < 4.78 is 11.6. The van der Waals surface area contributed by atoms with Gasteiger partial charge in [0.2, 0.25) is 0 Å². The van der Waals surface area contributed by atoms with E-state index in [0.29, 0.717) is 42.9 Å². The number of ether oxygens (including phenoxy) is 2. The first-order valence-electron chi connectivity index (χ1n) is 16.2. The number of aliphatic hydroxyl groups is 4. The van der Waals surface area contributed by atoms with Crippen LogP contribution in [-0.4, -0.2) is 85.5 Å². The summed E-state index contributed by atoms with van der Waals surface area (Å²) in [5.74, 6) is -0.115. The molecule has 0 radical (unpaired) electrons. The Morgan fingerprint density at radius 2 is 1.55 bits per heavy atom. The van der Waals surface area contributed by atoms with E-state index in [-0.39, 0.29) is 41.1 Å². The van der Waals surface area contributed by atoms with E-state index >= 15 is 0 Å². The van der Waals surface area contributed by atoms with Crippen LogP contribution in [0, 0.1) is 52.3 Å². The number of rotatable bonds is 8. The molecule has 0 spiro atoms. The molecule has 0 aromatic carbocycles. The Morgan fingerprint density at radius 3 is 2.19 bits per heavy atom. The molecule has 3 unspecified atom stereocenters. The van der Waals surface area contributed by atoms with Crippen LogP contribution < -0.4 is 0 Å². The molecule has 0 amide bonds. The molecule has 16 atom stereocenters. The Morgan fingerprint density at radius 1 is 0.881 bits per heavy atom. The van der Waals surface area contributed by atoms with Gasteiger partial charge >= 0.3 is 11.9 Å². The van der Waals surface area contributed by atoms with Crippen molar-refractivity contribution in [3.63, 3.8) is 0 Å². The first kappa shape index (κ1) is 32.1. The van der Waals surface area contributed by atoms with E-state index in [1.165, 1.54) is 0 Å². The Hall–Kier alpha value is -1.30. The molecule has 1 aliphatic heterocycles. The molecule has 6 N–H and O–H groups in total. The molecule has 10 nitrogen and oxygen atoms in total. The lowest BCUT2D eigenvalue weighted by Gasteiger charge is -2.65. The van der Waals surface area contributed by atoms with Gasteiger partial charge in [0.05, 0.1) is 12.2 Å². The van der Waals surface area contributed by atoms with E-state index in [9.17, 15) is 40.2 Å². The van der Waals surface area contributed by atoms with Crippen LogP contribution in [0.1, 0.15) is 91.9 Å². The monoisotopic (exact) mass is 596 g/mol. The van der Waals surface area contributed by atoms with Crippen molar-refractivity contribution in [1.29, 1.82) is 0 Å². The molecule has 42 heavy (non-hydrogen) atoms. The fourth-order valence-electron chi connectivity index (χ4n) is 10.9. The smallest absolute Gasteiger partial charge is 0.335 e. The normalized spacial score (nSPS) is 51.2. The summed E-state index contributed by atoms with van der Waals surface area (Å²) in [7, 11) is 0. The Kier molecular flexibility index (Phi) is 9.09. The second kappa shape index (κ2) is 11.9. The van der Waals surface area contributed by atoms with Crippen molar-refractivity contribution in [2.75, 3.05) is 0 Å². The fraction of sp³-hybridized carbons (Fsp3) is 0.938. The van der Waals surface area contributed by atoms with Crippen molar-refractivity contribution in [3.8, 4) is 0 Å². The molecule has 1 saturated heterocycles. The quantitative estimate of drug-likeness (QED) is 0.229. The molecule has 240 valence electrons. The molecule has 1 heterocycles. The van der Waals surface area contributed by atoms with Gasteiger partial charge in [-0.05, 0) is 104 Å². The number of carboxylic acids is 2. The zero-order valence-electron chi connectivity index (χ0n) is 25.5. The minimum absolute atomic E-state index is 0.00409. The molecule has 5 fully saturated rings. The SMILES string of the molecule is CC[C@H]1[C@@H](O)C2C3CC[C@H]([C@H](C)CCC(=O)O)[C@@]3(C)CCC2[C@@]2(C)CC[C@@H](O[C@@H]3O[C@H](C(=O)O)[C@@H](O)[C@H](O)[C@H]3O)C[C@@H]12. The van der Waals surface area contributed by atoms with Crippen LogP contribution in [0.3, 0.4) is 0 Å². The first-order chi connectivity index (χ1) is 19.7. The van der Waals surface area contributed by atoms with Crippen molar-refractivity contribution in [2.24, 2.45) is 52.3 Å². The molecular weight excluding hydrogens is 544 g/mol. The third kappa shape index (κ3) is 5.21. The molecule has 4 saturated carbocycles. The minimum Gasteiger partial charge on any atom is -0.481 e. The van der Waals surface area contributed by atoms with E-state index in [1.54, 1.807) is 0 Å². The van der Waals surface area contributed by atoms with Crippen LogP contribution in [0.5, 0.6) is 0 Å². The third-order valence-electron chi connectivity index (χ3n) is 13.1. The zero-order chi connectivity index (χ0) is 30.7. The Bertz CT molecular complexity index is 1010. The number of fused-ring (bicyclic) bond motifs is 5. The van der Waals surface area contributed by atoms with Gasteiger partial charge in [-0.2, -0.15) is 0 Å². The highest BCUT2D eigenvalue weighted by molar-refractivity contribution is 5.73. The highest BCUT2D eigenvalue weighted by Crippen LogP contribution is 2.69. The van der Waals surface area contributed by atoms with Crippen molar-refractivity contribution in [2.45, 2.75) is 135 Å². The van der Waals surface area contributed by atoms with Gasteiger partial charge in [0.1, 0.15) is 18.3 Å². The predicted molar refractivity (Wildman–Crippen MR) is 151 cm³/mol. The number of hydrogen-bond donors (Lipinski definition) is 6. The average molecular weight is 597 g/mol. The Labute approximate surface area is 248 Å². The van der Waals surface area contributed by atoms with Gasteiger partial charge in [-0.1, -0.05) is 34.1 Å². The van der Waals surface area contributed by atoms with E-state index < -0.39 is 48.7 Å². The summed E-state index contributed by atoms with van der Waals surface area (Å²) in [5, 5.41) is 61.6. The van der Waals surface area contributed by atoms with Gasteiger partial charge < -0.3 is 40.1 Å². The fourth-order valence-corrected chi connectivity index (χ4v) is 10.9. The zero-order valence-corrected chi connectivity index (χ0v) is 25.5. The van der Waals surface area contributed by atoms with Crippen molar-refractivity contribution in [1.82, 2.24) is 0 Å². The molecule has 10 heteroatoms. The van der Waals surface area contributed by atoms with Crippen LogP contribution >= 0.6 is 0 Å². The van der Waals surface area contributed by atoms with Crippen molar-refractivity contribution >= 4 is 11.9 Å². The summed E-state index contributed by atoms with van der Waals surface area (Å²) in [4.78, 5) is 22.8. The van der Waals surface area contributed by atoms with E-state index in [1.807, 2.05) is 0 Å². The predicted octanol–water partition coefficient (Wildman–Crippen LogP) is 3.03. The minimum atomic E-state index is -1.76. The molecule has 4 aliphatic carbocycles. The van der Waals surface area contributed by atoms with E-state index in [2.05, 4.69) is 27.7 Å². The van der Waals surface area contributed by atoms with Gasteiger partial charge in [-0.3, -0.25) is 4.79 Å². The number of carboxylic acid groups (broad SMARTS) is 2. The standard InChI is InChI=1S/C32H52O10/c1-5-17-21-14-16(41-30-27(38)25(36)26(37)28(42-30)29(39)40)10-12-32(21,4)20-11-13-31(3)18(15(2)6-9-22(33)34)7-8-19(31)23(20)24(17)35/h15-21,23-28,30,35-38H,5-14H2,1-4H3,(H,33,34)(H,39,40)/t15-,16-,17-,18-,19?,20?,21+,23?,24-,25+,26+,27-,28+,30-,31-,32-/m1/s1. The van der Waals surface area contributed by atoms with Crippen LogP contribution in [0.25, 0.3) is 0 Å². The van der Waals surface area contributed by atoms with Gasteiger partial charge in [-0.25, -0.2) is 4.79 Å². The summed E-state index contributed by atoms with van der Waals surface area (Å²) in [6.45, 7) is 9.14. The maximum absolute atomic E-state index is 12.1. The largest absolute Gasteiger partial charge is 0.481 e. The van der Waals surface area contributed by atoms with Crippen LogP contribution in [0.2, 0.25) is 0 Å². The van der Waals surface area contributed by atoms with Crippen molar-refractivity contribution in [3.05, 3.63) is 0 Å². The van der Waals surface area contributed by atoms with Crippen LogP contribution in [0.4, 0.5) is 0 Å². The van der Waals surface area contributed by atoms with Crippen LogP contribution in [0.15, 0.2) is 0 Å². The number of aliphatic carboxylic acids is 2. The number of carbonyl (C=O) groups is 2. The van der Waals surface area contributed by atoms with Gasteiger partial charge in [0.15, 0.2) is 12.4 Å². The second-order valence-electron chi connectivity index (χ2n) is 14.9. The molecule has 0 aromatic rings. The van der Waals surface area contributed by atoms with E-state index in [4.69, 9.17) is 9.47 Å².